The second-order valence-electron chi connectivity index (χ2n) is 3.81. The number of allylic oxidation sites excluding steroid dienone is 1. The molecule has 1 aliphatic heterocycles. The Balaban J connectivity index is 2.19. The summed E-state index contributed by atoms with van der Waals surface area (Å²) in [5.74, 6) is 0.614. The fourth-order valence-corrected chi connectivity index (χ4v) is 2.57. The SMILES string of the molecule is O=C(Cl)C1NCCC2CCCC=C21. The molecule has 1 fully saturated rings. The number of rotatable bonds is 1. The average Bonchev–Trinajstić information content (AvgIpc) is 2.17. The Kier molecular flexibility index (Phi) is 2.70. The van der Waals surface area contributed by atoms with E-state index in [4.69, 9.17) is 11.6 Å². The molecular weight excluding hydrogens is 186 g/mol. The highest BCUT2D eigenvalue weighted by Crippen LogP contribution is 2.32. The molecule has 0 aromatic rings. The summed E-state index contributed by atoms with van der Waals surface area (Å²) in [7, 11) is 0. The molecule has 0 aromatic carbocycles. The first-order chi connectivity index (χ1) is 6.29. The first-order valence-electron chi connectivity index (χ1n) is 4.91. The molecule has 2 nitrogen and oxygen atoms in total. The van der Waals surface area contributed by atoms with E-state index in [1.807, 2.05) is 0 Å². The predicted octanol–water partition coefficient (Wildman–Crippen LogP) is 1.84. The van der Waals surface area contributed by atoms with E-state index in [0.717, 1.165) is 19.4 Å². The van der Waals surface area contributed by atoms with Gasteiger partial charge in [0.05, 0.1) is 0 Å². The van der Waals surface area contributed by atoms with E-state index in [1.54, 1.807) is 0 Å². The molecule has 0 amide bonds. The van der Waals surface area contributed by atoms with Gasteiger partial charge in [0.25, 0.3) is 0 Å². The van der Waals surface area contributed by atoms with Crippen LogP contribution in [0.25, 0.3) is 0 Å². The summed E-state index contributed by atoms with van der Waals surface area (Å²) in [6.07, 6.45) is 6.96. The topological polar surface area (TPSA) is 29.1 Å². The van der Waals surface area contributed by atoms with Gasteiger partial charge in [0.2, 0.25) is 5.24 Å². The molecule has 0 saturated carbocycles. The number of halogens is 1. The molecule has 2 unspecified atom stereocenters. The van der Waals surface area contributed by atoms with Crippen LogP contribution in [0.4, 0.5) is 0 Å². The Morgan fingerprint density at radius 3 is 3.15 bits per heavy atom. The molecular formula is C10H14ClNO. The first kappa shape index (κ1) is 9.22. The van der Waals surface area contributed by atoms with Crippen LogP contribution in [0, 0.1) is 5.92 Å². The summed E-state index contributed by atoms with van der Waals surface area (Å²) >= 11 is 5.53. The summed E-state index contributed by atoms with van der Waals surface area (Å²) in [4.78, 5) is 11.1. The Morgan fingerprint density at radius 2 is 2.38 bits per heavy atom. The highest BCUT2D eigenvalue weighted by molar-refractivity contribution is 6.65. The van der Waals surface area contributed by atoms with Crippen molar-refractivity contribution < 1.29 is 4.79 Å². The Morgan fingerprint density at radius 1 is 1.54 bits per heavy atom. The third kappa shape index (κ3) is 1.79. The van der Waals surface area contributed by atoms with Crippen molar-refractivity contribution in [3.63, 3.8) is 0 Å². The minimum absolute atomic E-state index is 0.194. The van der Waals surface area contributed by atoms with Crippen molar-refractivity contribution in [3.8, 4) is 0 Å². The van der Waals surface area contributed by atoms with Crippen LogP contribution < -0.4 is 5.32 Å². The molecule has 72 valence electrons. The predicted molar refractivity (Wildman–Crippen MR) is 52.7 cm³/mol. The third-order valence-electron chi connectivity index (χ3n) is 3.01. The lowest BCUT2D eigenvalue weighted by Crippen LogP contribution is -2.44. The van der Waals surface area contributed by atoms with E-state index >= 15 is 0 Å². The van der Waals surface area contributed by atoms with Gasteiger partial charge in [-0.3, -0.25) is 4.79 Å². The minimum Gasteiger partial charge on any atom is -0.303 e. The van der Waals surface area contributed by atoms with Crippen LogP contribution in [0.3, 0.4) is 0 Å². The zero-order valence-electron chi connectivity index (χ0n) is 7.55. The number of carbonyl (C=O) groups is 1. The van der Waals surface area contributed by atoms with E-state index in [9.17, 15) is 4.79 Å². The number of nitrogens with one attached hydrogen (secondary N) is 1. The van der Waals surface area contributed by atoms with Gasteiger partial charge in [0.15, 0.2) is 0 Å². The molecule has 0 spiro atoms. The zero-order valence-corrected chi connectivity index (χ0v) is 8.31. The number of carbonyl (C=O) groups excluding carboxylic acids is 1. The van der Waals surface area contributed by atoms with Crippen LogP contribution in [0.5, 0.6) is 0 Å². The first-order valence-corrected chi connectivity index (χ1v) is 5.29. The third-order valence-corrected chi connectivity index (χ3v) is 3.23. The van der Waals surface area contributed by atoms with Gasteiger partial charge in [-0.25, -0.2) is 0 Å². The maximum Gasteiger partial charge on any atom is 0.242 e. The lowest BCUT2D eigenvalue weighted by atomic mass is 9.79. The Bertz CT molecular complexity index is 249. The van der Waals surface area contributed by atoms with Gasteiger partial charge >= 0.3 is 0 Å². The Labute approximate surface area is 83.3 Å². The summed E-state index contributed by atoms with van der Waals surface area (Å²) in [5, 5.41) is 2.92. The van der Waals surface area contributed by atoms with E-state index < -0.39 is 0 Å². The van der Waals surface area contributed by atoms with Crippen LogP contribution in [0.2, 0.25) is 0 Å². The Hall–Kier alpha value is -0.340. The number of hydrogen-bond donors (Lipinski definition) is 1. The monoisotopic (exact) mass is 199 g/mol. The van der Waals surface area contributed by atoms with Crippen molar-refractivity contribution in [1.82, 2.24) is 5.32 Å². The van der Waals surface area contributed by atoms with Gasteiger partial charge in [-0.2, -0.15) is 0 Å². The van der Waals surface area contributed by atoms with Crippen LogP contribution >= 0.6 is 11.6 Å². The normalized spacial score (nSPS) is 33.5. The number of fused-ring (bicyclic) bond motifs is 1. The molecule has 1 saturated heterocycles. The average molecular weight is 200 g/mol. The van der Waals surface area contributed by atoms with Crippen LogP contribution in [0.1, 0.15) is 25.7 Å². The summed E-state index contributed by atoms with van der Waals surface area (Å²) in [5.41, 5.74) is 1.25. The molecule has 13 heavy (non-hydrogen) atoms. The molecule has 0 radical (unpaired) electrons. The second-order valence-corrected chi connectivity index (χ2v) is 4.18. The van der Waals surface area contributed by atoms with Crippen LogP contribution in [-0.2, 0) is 4.79 Å². The lowest BCUT2D eigenvalue weighted by molar-refractivity contribution is -0.113. The largest absolute Gasteiger partial charge is 0.303 e. The molecule has 1 N–H and O–H groups in total. The molecule has 2 rings (SSSR count). The van der Waals surface area contributed by atoms with Crippen LogP contribution in [-0.4, -0.2) is 17.8 Å². The van der Waals surface area contributed by atoms with Gasteiger partial charge in [0.1, 0.15) is 6.04 Å². The highest BCUT2D eigenvalue weighted by Gasteiger charge is 2.31. The quantitative estimate of drug-likeness (QED) is 0.516. The van der Waals surface area contributed by atoms with Crippen molar-refractivity contribution in [1.29, 1.82) is 0 Å². The lowest BCUT2D eigenvalue weighted by Gasteiger charge is -2.34. The van der Waals surface area contributed by atoms with E-state index in [2.05, 4.69) is 11.4 Å². The molecule has 0 aromatic heterocycles. The maximum absolute atomic E-state index is 11.1. The summed E-state index contributed by atoms with van der Waals surface area (Å²) in [6, 6.07) is -0.194. The van der Waals surface area contributed by atoms with Crippen molar-refractivity contribution >= 4 is 16.8 Å². The zero-order chi connectivity index (χ0) is 9.26. The van der Waals surface area contributed by atoms with Crippen molar-refractivity contribution in [2.75, 3.05) is 6.54 Å². The van der Waals surface area contributed by atoms with E-state index in [-0.39, 0.29) is 11.3 Å². The van der Waals surface area contributed by atoms with Crippen molar-refractivity contribution in [2.45, 2.75) is 31.7 Å². The highest BCUT2D eigenvalue weighted by atomic mass is 35.5. The number of piperidine rings is 1. The van der Waals surface area contributed by atoms with Crippen LogP contribution in [0.15, 0.2) is 11.6 Å². The molecule has 3 heteroatoms. The smallest absolute Gasteiger partial charge is 0.242 e. The molecule has 2 aliphatic rings. The van der Waals surface area contributed by atoms with Gasteiger partial charge < -0.3 is 5.32 Å². The summed E-state index contributed by atoms with van der Waals surface area (Å²) < 4.78 is 0. The van der Waals surface area contributed by atoms with Gasteiger partial charge in [-0.05, 0) is 55.3 Å². The van der Waals surface area contributed by atoms with E-state index in [0.29, 0.717) is 5.92 Å². The molecule has 2 atom stereocenters. The minimum atomic E-state index is -0.252. The molecule has 1 heterocycles. The van der Waals surface area contributed by atoms with Crippen molar-refractivity contribution in [3.05, 3.63) is 11.6 Å². The van der Waals surface area contributed by atoms with Gasteiger partial charge in [0, 0.05) is 0 Å². The summed E-state index contributed by atoms with van der Waals surface area (Å²) in [6.45, 7) is 0.922. The van der Waals surface area contributed by atoms with E-state index in [1.165, 1.54) is 18.4 Å². The fourth-order valence-electron chi connectivity index (χ4n) is 2.36. The standard InChI is InChI=1S/C10H14ClNO/c11-10(13)9-8-4-2-1-3-7(8)5-6-12-9/h4,7,9,12H,1-3,5-6H2. The maximum atomic E-state index is 11.1. The van der Waals surface area contributed by atoms with Crippen molar-refractivity contribution in [2.24, 2.45) is 5.92 Å². The van der Waals surface area contributed by atoms with Gasteiger partial charge in [-0.1, -0.05) is 6.08 Å². The number of hydrogen-bond acceptors (Lipinski definition) is 2. The fraction of sp³-hybridized carbons (Fsp3) is 0.700. The van der Waals surface area contributed by atoms with Gasteiger partial charge in [-0.15, -0.1) is 0 Å². The molecule has 1 aliphatic carbocycles. The molecule has 0 bridgehead atoms. The second kappa shape index (κ2) is 3.81.